The molecule has 2 aromatic rings. The zero-order chi connectivity index (χ0) is 16.1. The van der Waals surface area contributed by atoms with Crippen LogP contribution < -0.4 is 0 Å². The van der Waals surface area contributed by atoms with Crippen molar-refractivity contribution in [1.82, 2.24) is 14.3 Å². The van der Waals surface area contributed by atoms with Gasteiger partial charge in [0, 0.05) is 19.0 Å². The van der Waals surface area contributed by atoms with E-state index in [1.807, 2.05) is 31.3 Å². The summed E-state index contributed by atoms with van der Waals surface area (Å²) in [5.41, 5.74) is 0.796. The molecule has 23 heavy (non-hydrogen) atoms. The van der Waals surface area contributed by atoms with Crippen molar-refractivity contribution in [2.24, 2.45) is 7.05 Å². The Kier molecular flexibility index (Phi) is 3.60. The second-order valence-corrected chi connectivity index (χ2v) is 6.44. The van der Waals surface area contributed by atoms with Crippen LogP contribution in [0.2, 0.25) is 5.02 Å². The zero-order valence-corrected chi connectivity index (χ0v) is 13.9. The third-order valence-electron chi connectivity index (χ3n) is 4.24. The largest absolute Gasteiger partial charge is 0.343 e. The van der Waals surface area contributed by atoms with Crippen molar-refractivity contribution in [2.75, 3.05) is 6.61 Å². The summed E-state index contributed by atoms with van der Waals surface area (Å²) in [5, 5.41) is 5.22. The molecular formula is C15H14ClN3O3S. The lowest BCUT2D eigenvalue weighted by molar-refractivity contribution is -0.156. The van der Waals surface area contributed by atoms with Crippen molar-refractivity contribution in [3.05, 3.63) is 34.1 Å². The summed E-state index contributed by atoms with van der Waals surface area (Å²) in [5.74, 6) is 0.588. The van der Waals surface area contributed by atoms with Crippen molar-refractivity contribution < 1.29 is 14.3 Å². The fourth-order valence-corrected chi connectivity index (χ4v) is 3.50. The Labute approximate surface area is 142 Å². The molecule has 3 atom stereocenters. The molecule has 2 fully saturated rings. The number of benzene rings is 1. The Morgan fingerprint density at radius 1 is 1.39 bits per heavy atom. The fourth-order valence-electron chi connectivity index (χ4n) is 3.02. The van der Waals surface area contributed by atoms with Crippen molar-refractivity contribution in [2.45, 2.75) is 24.9 Å². The number of carbonyl (C=O) groups excluding carboxylic acids is 1. The maximum Gasteiger partial charge on any atom is 0.218 e. The lowest BCUT2D eigenvalue weighted by Gasteiger charge is -2.26. The molecule has 0 saturated carbocycles. The number of aromatic nitrogens is 3. The molecule has 0 N–H and O–H groups in total. The Balaban J connectivity index is 1.79. The highest BCUT2D eigenvalue weighted by molar-refractivity contribution is 7.71. The first-order valence-corrected chi connectivity index (χ1v) is 8.05. The molecule has 4 rings (SSSR count). The van der Waals surface area contributed by atoms with Gasteiger partial charge in [-0.05, 0) is 24.4 Å². The smallest absolute Gasteiger partial charge is 0.218 e. The summed E-state index contributed by atoms with van der Waals surface area (Å²) in [6, 6.07) is 7.20. The number of ketones is 1. The van der Waals surface area contributed by atoms with Crippen molar-refractivity contribution >= 4 is 29.6 Å². The van der Waals surface area contributed by atoms with Gasteiger partial charge in [-0.15, -0.1) is 0 Å². The minimum Gasteiger partial charge on any atom is -0.343 e. The van der Waals surface area contributed by atoms with Crippen LogP contribution in [0.25, 0.3) is 11.4 Å². The van der Waals surface area contributed by atoms with Gasteiger partial charge >= 0.3 is 0 Å². The molecule has 0 radical (unpaired) electrons. The van der Waals surface area contributed by atoms with E-state index < -0.39 is 6.29 Å². The number of hydrogen-bond acceptors (Lipinski definition) is 5. The van der Waals surface area contributed by atoms with E-state index in [-0.39, 0.29) is 17.9 Å². The molecule has 0 amide bonds. The predicted molar refractivity (Wildman–Crippen MR) is 85.8 cm³/mol. The summed E-state index contributed by atoms with van der Waals surface area (Å²) in [4.78, 5) is 12.0. The van der Waals surface area contributed by atoms with E-state index in [2.05, 4.69) is 5.10 Å². The molecule has 2 aliphatic rings. The monoisotopic (exact) mass is 351 g/mol. The van der Waals surface area contributed by atoms with E-state index in [1.165, 1.54) is 0 Å². The van der Waals surface area contributed by atoms with Gasteiger partial charge in [0.2, 0.25) is 6.29 Å². The first-order chi connectivity index (χ1) is 11.1. The standard InChI is InChI=1S/C15H14ClN3O3S/c1-18-13(8-4-2-3-5-9(8)16)17-19(15(18)23)10-6-11(20)14-21-7-12(10)22-14/h2-5,10,12,14H,6-7H2,1H3/t10-,12-,14+/m0/s1. The van der Waals surface area contributed by atoms with Crippen LogP contribution >= 0.6 is 23.8 Å². The maximum atomic E-state index is 12.0. The number of nitrogens with zero attached hydrogens (tertiary/aromatic N) is 3. The average Bonchev–Trinajstić information content (AvgIpc) is 3.09. The number of hydrogen-bond donors (Lipinski definition) is 0. The molecule has 2 saturated heterocycles. The molecule has 1 aromatic heterocycles. The molecule has 8 heteroatoms. The van der Waals surface area contributed by atoms with Crippen LogP contribution in [-0.2, 0) is 21.3 Å². The minimum absolute atomic E-state index is 0.0735. The van der Waals surface area contributed by atoms with E-state index in [0.717, 1.165) is 5.56 Å². The van der Waals surface area contributed by atoms with Crippen molar-refractivity contribution in [1.29, 1.82) is 0 Å². The molecule has 0 aliphatic carbocycles. The van der Waals surface area contributed by atoms with Crippen LogP contribution in [0.5, 0.6) is 0 Å². The second kappa shape index (κ2) is 5.52. The van der Waals surface area contributed by atoms with E-state index >= 15 is 0 Å². The fraction of sp³-hybridized carbons (Fsp3) is 0.400. The first-order valence-electron chi connectivity index (χ1n) is 7.26. The number of fused-ring (bicyclic) bond motifs is 2. The van der Waals surface area contributed by atoms with Crippen LogP contribution in [0.4, 0.5) is 0 Å². The Bertz CT molecular complexity index is 847. The Morgan fingerprint density at radius 2 is 2.17 bits per heavy atom. The minimum atomic E-state index is -0.725. The van der Waals surface area contributed by atoms with Gasteiger partial charge in [-0.2, -0.15) is 5.10 Å². The number of rotatable bonds is 2. The number of halogens is 1. The van der Waals surface area contributed by atoms with E-state index in [4.69, 9.17) is 33.3 Å². The van der Waals surface area contributed by atoms with E-state index in [1.54, 1.807) is 9.25 Å². The van der Waals surface area contributed by atoms with E-state index in [0.29, 0.717) is 28.6 Å². The Hall–Kier alpha value is -1.54. The second-order valence-electron chi connectivity index (χ2n) is 5.67. The average molecular weight is 352 g/mol. The molecule has 1 aromatic carbocycles. The third-order valence-corrected chi connectivity index (χ3v) is 5.04. The normalized spacial score (nSPS) is 26.7. The molecule has 120 valence electrons. The van der Waals surface area contributed by atoms with Crippen molar-refractivity contribution in [3.63, 3.8) is 0 Å². The SMILES string of the molecule is Cn1c(-c2ccccc2Cl)nn([C@H]2CC(=O)[C@@H]3OC[C@@H]2O3)c1=S. The topological polar surface area (TPSA) is 58.3 Å². The highest BCUT2D eigenvalue weighted by Crippen LogP contribution is 2.34. The van der Waals surface area contributed by atoms with Crippen LogP contribution in [0.3, 0.4) is 0 Å². The molecule has 2 aliphatic heterocycles. The quantitative estimate of drug-likeness (QED) is 0.778. The predicted octanol–water partition coefficient (Wildman–Crippen LogP) is 2.53. The first kappa shape index (κ1) is 15.0. The van der Waals surface area contributed by atoms with Crippen molar-refractivity contribution in [3.8, 4) is 11.4 Å². The molecular weight excluding hydrogens is 338 g/mol. The van der Waals surface area contributed by atoms with Crippen LogP contribution in [0.1, 0.15) is 12.5 Å². The summed E-state index contributed by atoms with van der Waals surface area (Å²) in [7, 11) is 1.84. The molecule has 2 bridgehead atoms. The van der Waals surface area contributed by atoms with Gasteiger partial charge in [0.05, 0.1) is 17.7 Å². The molecule has 0 spiro atoms. The van der Waals surface area contributed by atoms with Gasteiger partial charge in [0.1, 0.15) is 6.10 Å². The number of Topliss-reactive ketones (excluding diaryl/α,β-unsaturated/α-hetero) is 1. The van der Waals surface area contributed by atoms with Gasteiger partial charge in [-0.1, -0.05) is 23.7 Å². The molecule has 0 unspecified atom stereocenters. The lowest BCUT2D eigenvalue weighted by Crippen LogP contribution is -2.37. The van der Waals surface area contributed by atoms with Crippen LogP contribution in [-0.4, -0.2) is 39.1 Å². The summed E-state index contributed by atoms with van der Waals surface area (Å²) < 4.78 is 14.9. The number of ether oxygens (including phenoxy) is 2. The van der Waals surface area contributed by atoms with Gasteiger partial charge in [-0.25, -0.2) is 4.68 Å². The Morgan fingerprint density at radius 3 is 2.96 bits per heavy atom. The third kappa shape index (κ3) is 2.35. The summed E-state index contributed by atoms with van der Waals surface area (Å²) in [6.07, 6.45) is -0.627. The maximum absolute atomic E-state index is 12.0. The highest BCUT2D eigenvalue weighted by atomic mass is 35.5. The van der Waals surface area contributed by atoms with E-state index in [9.17, 15) is 4.79 Å². The summed E-state index contributed by atoms with van der Waals surface area (Å²) in [6.45, 7) is 0.376. The number of carbonyl (C=O) groups is 1. The van der Waals surface area contributed by atoms with Gasteiger partial charge < -0.3 is 14.0 Å². The van der Waals surface area contributed by atoms with Gasteiger partial charge in [0.25, 0.3) is 0 Å². The summed E-state index contributed by atoms with van der Waals surface area (Å²) >= 11 is 11.8. The molecule has 3 heterocycles. The van der Waals surface area contributed by atoms with Gasteiger partial charge in [0.15, 0.2) is 16.4 Å². The van der Waals surface area contributed by atoms with Gasteiger partial charge in [-0.3, -0.25) is 4.79 Å². The van der Waals surface area contributed by atoms with Crippen LogP contribution in [0, 0.1) is 4.77 Å². The lowest BCUT2D eigenvalue weighted by atomic mass is 10.0. The molecule has 6 nitrogen and oxygen atoms in total. The zero-order valence-electron chi connectivity index (χ0n) is 12.3. The van der Waals surface area contributed by atoms with Crippen LogP contribution in [0.15, 0.2) is 24.3 Å². The highest BCUT2D eigenvalue weighted by Gasteiger charge is 2.45.